The van der Waals surface area contributed by atoms with E-state index in [9.17, 15) is 0 Å². The van der Waals surface area contributed by atoms with Crippen LogP contribution >= 0.6 is 0 Å². The highest BCUT2D eigenvalue weighted by Crippen LogP contribution is 2.12. The van der Waals surface area contributed by atoms with Crippen molar-refractivity contribution in [3.05, 3.63) is 47.8 Å². The van der Waals surface area contributed by atoms with E-state index in [1.807, 2.05) is 29.9 Å². The Morgan fingerprint density at radius 1 is 1.14 bits per heavy atom. The topological polar surface area (TPSA) is 48.3 Å². The standard InChI is InChI=1S/C16H23N3O2/c1-19-15(7-9-18-19)8-11-21-16-5-3-14(4-6-16)13-17-10-12-20-2/h3-7,9,17H,8,10-13H2,1-2H3. The average Bonchev–Trinajstić information content (AvgIpc) is 2.91. The first kappa shape index (κ1) is 15.5. The molecule has 0 unspecified atom stereocenters. The maximum absolute atomic E-state index is 5.75. The summed E-state index contributed by atoms with van der Waals surface area (Å²) in [6.07, 6.45) is 2.66. The number of methoxy groups -OCH3 is 1. The average molecular weight is 289 g/mol. The Morgan fingerprint density at radius 2 is 1.95 bits per heavy atom. The summed E-state index contributed by atoms with van der Waals surface area (Å²) in [7, 11) is 3.65. The molecule has 5 heteroatoms. The van der Waals surface area contributed by atoms with Crippen molar-refractivity contribution in [2.75, 3.05) is 26.9 Å². The smallest absolute Gasteiger partial charge is 0.119 e. The molecule has 0 aliphatic rings. The van der Waals surface area contributed by atoms with Crippen molar-refractivity contribution in [3.8, 4) is 5.75 Å². The number of benzene rings is 1. The van der Waals surface area contributed by atoms with Crippen LogP contribution in [0.15, 0.2) is 36.5 Å². The van der Waals surface area contributed by atoms with E-state index in [0.29, 0.717) is 6.61 Å². The molecule has 1 heterocycles. The van der Waals surface area contributed by atoms with Crippen LogP contribution in [-0.2, 0) is 24.8 Å². The summed E-state index contributed by atoms with van der Waals surface area (Å²) >= 11 is 0. The second-order valence-electron chi connectivity index (χ2n) is 4.86. The third-order valence-corrected chi connectivity index (χ3v) is 3.28. The highest BCUT2D eigenvalue weighted by molar-refractivity contribution is 5.27. The van der Waals surface area contributed by atoms with Crippen molar-refractivity contribution < 1.29 is 9.47 Å². The van der Waals surface area contributed by atoms with E-state index >= 15 is 0 Å². The molecule has 0 saturated carbocycles. The molecule has 0 aliphatic heterocycles. The molecule has 0 radical (unpaired) electrons. The zero-order valence-electron chi connectivity index (χ0n) is 12.7. The minimum Gasteiger partial charge on any atom is -0.493 e. The lowest BCUT2D eigenvalue weighted by atomic mass is 10.2. The van der Waals surface area contributed by atoms with Gasteiger partial charge in [-0.3, -0.25) is 4.68 Å². The third-order valence-electron chi connectivity index (χ3n) is 3.28. The Hall–Kier alpha value is -1.85. The molecule has 0 spiro atoms. The maximum Gasteiger partial charge on any atom is 0.119 e. The first-order valence-corrected chi connectivity index (χ1v) is 7.18. The predicted octanol–water partition coefficient (Wildman–Crippen LogP) is 1.78. The number of hydrogen-bond acceptors (Lipinski definition) is 4. The van der Waals surface area contributed by atoms with Gasteiger partial charge in [0.05, 0.1) is 13.2 Å². The van der Waals surface area contributed by atoms with Crippen LogP contribution in [0.5, 0.6) is 5.75 Å². The van der Waals surface area contributed by atoms with Gasteiger partial charge in [-0.1, -0.05) is 12.1 Å². The molecule has 1 N–H and O–H groups in total. The van der Waals surface area contributed by atoms with E-state index in [4.69, 9.17) is 9.47 Å². The summed E-state index contributed by atoms with van der Waals surface area (Å²) in [6.45, 7) is 3.10. The molecule has 114 valence electrons. The second kappa shape index (κ2) is 8.44. The van der Waals surface area contributed by atoms with Gasteiger partial charge in [0, 0.05) is 45.6 Å². The SMILES string of the molecule is COCCNCc1ccc(OCCc2ccnn2C)cc1. The Balaban J connectivity index is 1.71. The van der Waals surface area contributed by atoms with Crippen molar-refractivity contribution in [3.63, 3.8) is 0 Å². The van der Waals surface area contributed by atoms with Gasteiger partial charge in [-0.25, -0.2) is 0 Å². The van der Waals surface area contributed by atoms with E-state index in [0.717, 1.165) is 31.9 Å². The summed E-state index contributed by atoms with van der Waals surface area (Å²) in [5.74, 6) is 0.901. The highest BCUT2D eigenvalue weighted by atomic mass is 16.5. The Labute approximate surface area is 125 Å². The van der Waals surface area contributed by atoms with Gasteiger partial charge in [0.2, 0.25) is 0 Å². The van der Waals surface area contributed by atoms with Crippen molar-refractivity contribution in [1.82, 2.24) is 15.1 Å². The molecule has 2 rings (SSSR count). The fourth-order valence-electron chi connectivity index (χ4n) is 2.03. The maximum atomic E-state index is 5.75. The Morgan fingerprint density at radius 3 is 2.62 bits per heavy atom. The van der Waals surface area contributed by atoms with E-state index < -0.39 is 0 Å². The largest absolute Gasteiger partial charge is 0.493 e. The van der Waals surface area contributed by atoms with Crippen LogP contribution in [0.3, 0.4) is 0 Å². The van der Waals surface area contributed by atoms with Crippen LogP contribution in [0.1, 0.15) is 11.3 Å². The molecule has 1 aromatic heterocycles. The number of aromatic nitrogens is 2. The van der Waals surface area contributed by atoms with Crippen molar-refractivity contribution in [1.29, 1.82) is 0 Å². The first-order valence-electron chi connectivity index (χ1n) is 7.18. The number of ether oxygens (including phenoxy) is 2. The molecule has 0 atom stereocenters. The molecule has 5 nitrogen and oxygen atoms in total. The van der Waals surface area contributed by atoms with Crippen molar-refractivity contribution in [2.24, 2.45) is 7.05 Å². The summed E-state index contributed by atoms with van der Waals surface area (Å²) < 4.78 is 12.6. The molecule has 21 heavy (non-hydrogen) atoms. The van der Waals surface area contributed by atoms with Crippen LogP contribution in [0.25, 0.3) is 0 Å². The van der Waals surface area contributed by atoms with Crippen LogP contribution in [0.2, 0.25) is 0 Å². The monoisotopic (exact) mass is 289 g/mol. The summed E-state index contributed by atoms with van der Waals surface area (Å²) in [5.41, 5.74) is 2.42. The van der Waals surface area contributed by atoms with Gasteiger partial charge in [-0.05, 0) is 23.8 Å². The van der Waals surface area contributed by atoms with Crippen LogP contribution in [0.4, 0.5) is 0 Å². The normalized spacial score (nSPS) is 10.8. The van der Waals surface area contributed by atoms with Gasteiger partial charge in [-0.15, -0.1) is 0 Å². The summed E-state index contributed by atoms with van der Waals surface area (Å²) in [4.78, 5) is 0. The first-order chi connectivity index (χ1) is 10.3. The molecule has 1 aromatic carbocycles. The van der Waals surface area contributed by atoms with Gasteiger partial charge >= 0.3 is 0 Å². The zero-order chi connectivity index (χ0) is 14.9. The van der Waals surface area contributed by atoms with Gasteiger partial charge in [0.25, 0.3) is 0 Å². The van der Waals surface area contributed by atoms with Crippen LogP contribution in [-0.4, -0.2) is 36.6 Å². The van der Waals surface area contributed by atoms with Gasteiger partial charge in [0.15, 0.2) is 0 Å². The molecule has 0 fully saturated rings. The van der Waals surface area contributed by atoms with E-state index in [2.05, 4.69) is 22.5 Å². The van der Waals surface area contributed by atoms with Crippen LogP contribution in [0, 0.1) is 0 Å². The quantitative estimate of drug-likeness (QED) is 0.715. The number of aryl methyl sites for hydroxylation is 1. The van der Waals surface area contributed by atoms with Crippen molar-refractivity contribution in [2.45, 2.75) is 13.0 Å². The number of nitrogens with zero attached hydrogens (tertiary/aromatic N) is 2. The van der Waals surface area contributed by atoms with E-state index in [1.165, 1.54) is 11.3 Å². The second-order valence-corrected chi connectivity index (χ2v) is 4.86. The molecular formula is C16H23N3O2. The Kier molecular flexibility index (Phi) is 6.24. The lowest BCUT2D eigenvalue weighted by Gasteiger charge is -2.08. The lowest BCUT2D eigenvalue weighted by Crippen LogP contribution is -2.18. The van der Waals surface area contributed by atoms with E-state index in [1.54, 1.807) is 13.3 Å². The minimum atomic E-state index is 0.658. The predicted molar refractivity (Wildman–Crippen MR) is 82.4 cm³/mol. The zero-order valence-corrected chi connectivity index (χ0v) is 12.7. The van der Waals surface area contributed by atoms with Crippen molar-refractivity contribution >= 4 is 0 Å². The Bertz CT molecular complexity index is 523. The number of hydrogen-bond donors (Lipinski definition) is 1. The third kappa shape index (κ3) is 5.21. The van der Waals surface area contributed by atoms with Gasteiger partial charge in [-0.2, -0.15) is 5.10 Å². The molecule has 0 bridgehead atoms. The fraction of sp³-hybridized carbons (Fsp3) is 0.438. The highest BCUT2D eigenvalue weighted by Gasteiger charge is 2.00. The molecule has 0 amide bonds. The van der Waals surface area contributed by atoms with Crippen LogP contribution < -0.4 is 10.1 Å². The number of nitrogens with one attached hydrogen (secondary N) is 1. The molecular weight excluding hydrogens is 266 g/mol. The molecule has 2 aromatic rings. The summed E-state index contributed by atoms with van der Waals surface area (Å²) in [6, 6.07) is 10.2. The minimum absolute atomic E-state index is 0.658. The van der Waals surface area contributed by atoms with E-state index in [-0.39, 0.29) is 0 Å². The molecule has 0 saturated heterocycles. The summed E-state index contributed by atoms with van der Waals surface area (Å²) in [5, 5.41) is 7.46. The van der Waals surface area contributed by atoms with Gasteiger partial charge in [0.1, 0.15) is 5.75 Å². The lowest BCUT2D eigenvalue weighted by molar-refractivity contribution is 0.199. The molecule has 0 aliphatic carbocycles. The number of rotatable bonds is 9. The van der Waals surface area contributed by atoms with Gasteiger partial charge < -0.3 is 14.8 Å². The fourth-order valence-corrected chi connectivity index (χ4v) is 2.03.